The normalized spacial score (nSPS) is 17.4. The van der Waals surface area contributed by atoms with Crippen molar-refractivity contribution in [3.05, 3.63) is 41.8 Å². The van der Waals surface area contributed by atoms with Gasteiger partial charge in [-0.25, -0.2) is 0 Å². The molecule has 0 atom stereocenters. The van der Waals surface area contributed by atoms with Crippen LogP contribution in [0.5, 0.6) is 0 Å². The van der Waals surface area contributed by atoms with Crippen molar-refractivity contribution in [2.24, 2.45) is 5.73 Å². The molecule has 2 heterocycles. The number of rotatable bonds is 4. The minimum absolute atomic E-state index is 0.640. The van der Waals surface area contributed by atoms with Gasteiger partial charge in [0.1, 0.15) is 0 Å². The Balaban J connectivity index is 1.65. The third kappa shape index (κ3) is 2.87. The molecule has 20 heavy (non-hydrogen) atoms. The number of fused-ring (bicyclic) bond motifs is 1. The zero-order chi connectivity index (χ0) is 13.8. The largest absolute Gasteiger partial charge is 0.368 e. The van der Waals surface area contributed by atoms with Crippen LogP contribution in [0.1, 0.15) is 0 Å². The fourth-order valence-electron chi connectivity index (χ4n) is 2.70. The summed E-state index contributed by atoms with van der Waals surface area (Å²) in [5.41, 5.74) is 6.88. The van der Waals surface area contributed by atoms with E-state index in [-0.39, 0.29) is 0 Å². The summed E-state index contributed by atoms with van der Waals surface area (Å²) in [5.74, 6) is 0. The highest BCUT2D eigenvalue weighted by molar-refractivity contribution is 7.17. The average Bonchev–Trinajstić information content (AvgIpc) is 2.92. The van der Waals surface area contributed by atoms with E-state index in [0.717, 1.165) is 32.7 Å². The predicted octanol–water partition coefficient (Wildman–Crippen LogP) is 2.54. The maximum absolute atomic E-state index is 5.47. The summed E-state index contributed by atoms with van der Waals surface area (Å²) in [7, 11) is 0. The summed E-state index contributed by atoms with van der Waals surface area (Å²) in [6.07, 6.45) is 4.22. The van der Waals surface area contributed by atoms with E-state index in [4.69, 9.17) is 5.73 Å². The maximum atomic E-state index is 5.47. The highest BCUT2D eigenvalue weighted by Crippen LogP contribution is 2.33. The molecule has 1 aromatic carbocycles. The summed E-state index contributed by atoms with van der Waals surface area (Å²) in [4.78, 5) is 5.00. The molecule has 1 saturated heterocycles. The lowest BCUT2D eigenvalue weighted by atomic mass is 10.2. The molecule has 2 N–H and O–H groups in total. The van der Waals surface area contributed by atoms with Crippen molar-refractivity contribution >= 4 is 27.1 Å². The fourth-order valence-corrected chi connectivity index (χ4v) is 3.67. The standard InChI is InChI=1S/C16H21N3S/c17-7-3-4-8-18-9-11-19(12-10-18)15-13-20-16-6-2-1-5-14(15)16/h1-6,13H,7-12,17H2/b4-3-. The van der Waals surface area contributed by atoms with Crippen LogP contribution in [0.15, 0.2) is 41.8 Å². The lowest BCUT2D eigenvalue weighted by Crippen LogP contribution is -2.46. The molecular weight excluding hydrogens is 266 g/mol. The second-order valence-corrected chi connectivity index (χ2v) is 6.02. The van der Waals surface area contributed by atoms with Gasteiger partial charge in [0, 0.05) is 54.7 Å². The Morgan fingerprint density at radius 3 is 2.70 bits per heavy atom. The second-order valence-electron chi connectivity index (χ2n) is 5.11. The molecule has 0 aliphatic carbocycles. The van der Waals surface area contributed by atoms with Crippen molar-refractivity contribution in [2.45, 2.75) is 0 Å². The van der Waals surface area contributed by atoms with Crippen LogP contribution in [-0.2, 0) is 0 Å². The Morgan fingerprint density at radius 1 is 1.10 bits per heavy atom. The number of anilines is 1. The number of nitrogens with zero attached hydrogens (tertiary/aromatic N) is 2. The molecule has 2 aromatic rings. The molecule has 1 aliphatic rings. The molecule has 3 nitrogen and oxygen atoms in total. The Hall–Kier alpha value is -1.36. The quantitative estimate of drug-likeness (QED) is 0.877. The van der Waals surface area contributed by atoms with E-state index in [1.165, 1.54) is 15.8 Å². The van der Waals surface area contributed by atoms with E-state index in [0.29, 0.717) is 6.54 Å². The number of piperazine rings is 1. The van der Waals surface area contributed by atoms with E-state index >= 15 is 0 Å². The first kappa shape index (κ1) is 13.6. The van der Waals surface area contributed by atoms with Gasteiger partial charge in [-0.15, -0.1) is 11.3 Å². The molecule has 0 unspecified atom stereocenters. The van der Waals surface area contributed by atoms with E-state index in [1.807, 2.05) is 17.4 Å². The van der Waals surface area contributed by atoms with Gasteiger partial charge in [-0.3, -0.25) is 4.90 Å². The summed E-state index contributed by atoms with van der Waals surface area (Å²) < 4.78 is 1.39. The van der Waals surface area contributed by atoms with E-state index in [2.05, 4.69) is 45.5 Å². The first-order valence-corrected chi connectivity index (χ1v) is 8.05. The Morgan fingerprint density at radius 2 is 1.90 bits per heavy atom. The predicted molar refractivity (Wildman–Crippen MR) is 88.7 cm³/mol. The van der Waals surface area contributed by atoms with Gasteiger partial charge in [0.25, 0.3) is 0 Å². The van der Waals surface area contributed by atoms with E-state index in [1.54, 1.807) is 0 Å². The topological polar surface area (TPSA) is 32.5 Å². The van der Waals surface area contributed by atoms with E-state index in [9.17, 15) is 0 Å². The molecule has 4 heteroatoms. The van der Waals surface area contributed by atoms with Crippen LogP contribution in [0.4, 0.5) is 5.69 Å². The minimum atomic E-state index is 0.640. The van der Waals surface area contributed by atoms with Gasteiger partial charge in [0.05, 0.1) is 5.69 Å². The van der Waals surface area contributed by atoms with Crippen molar-refractivity contribution in [3.8, 4) is 0 Å². The lowest BCUT2D eigenvalue weighted by Gasteiger charge is -2.35. The van der Waals surface area contributed by atoms with Crippen molar-refractivity contribution in [2.75, 3.05) is 44.2 Å². The molecule has 1 aliphatic heterocycles. The molecule has 0 saturated carbocycles. The molecule has 0 bridgehead atoms. The summed E-state index contributed by atoms with van der Waals surface area (Å²) in [5, 5.41) is 3.70. The van der Waals surface area contributed by atoms with Crippen LogP contribution >= 0.6 is 11.3 Å². The molecule has 106 valence electrons. The summed E-state index contributed by atoms with van der Waals surface area (Å²) in [6, 6.07) is 8.69. The van der Waals surface area contributed by atoms with Gasteiger partial charge in [-0.05, 0) is 6.07 Å². The van der Waals surface area contributed by atoms with Gasteiger partial charge >= 0.3 is 0 Å². The molecule has 0 radical (unpaired) electrons. The zero-order valence-corrected chi connectivity index (χ0v) is 12.5. The second kappa shape index (κ2) is 6.39. The van der Waals surface area contributed by atoms with Gasteiger partial charge in [-0.1, -0.05) is 30.4 Å². The minimum Gasteiger partial charge on any atom is -0.368 e. The lowest BCUT2D eigenvalue weighted by molar-refractivity contribution is 0.284. The number of thiophene rings is 1. The number of benzene rings is 1. The fraction of sp³-hybridized carbons (Fsp3) is 0.375. The van der Waals surface area contributed by atoms with Crippen molar-refractivity contribution < 1.29 is 0 Å². The first-order chi connectivity index (χ1) is 9.88. The van der Waals surface area contributed by atoms with Gasteiger partial charge in [0.2, 0.25) is 0 Å². The highest BCUT2D eigenvalue weighted by atomic mass is 32.1. The molecule has 0 amide bonds. The summed E-state index contributed by atoms with van der Waals surface area (Å²) in [6.45, 7) is 6.13. The maximum Gasteiger partial charge on any atom is 0.0555 e. The smallest absolute Gasteiger partial charge is 0.0555 e. The third-order valence-electron chi connectivity index (χ3n) is 3.84. The van der Waals surface area contributed by atoms with Gasteiger partial charge in [-0.2, -0.15) is 0 Å². The number of nitrogens with two attached hydrogens (primary N) is 1. The third-order valence-corrected chi connectivity index (χ3v) is 4.79. The first-order valence-electron chi connectivity index (χ1n) is 7.17. The van der Waals surface area contributed by atoms with Crippen LogP contribution in [0.2, 0.25) is 0 Å². The molecular formula is C16H21N3S. The molecule has 0 spiro atoms. The van der Waals surface area contributed by atoms with Gasteiger partial charge < -0.3 is 10.6 Å². The van der Waals surface area contributed by atoms with Crippen LogP contribution in [-0.4, -0.2) is 44.2 Å². The van der Waals surface area contributed by atoms with Crippen LogP contribution in [0, 0.1) is 0 Å². The SMILES string of the molecule is NC/C=C\CN1CCN(c2csc3ccccc23)CC1. The van der Waals surface area contributed by atoms with Crippen LogP contribution < -0.4 is 10.6 Å². The van der Waals surface area contributed by atoms with Crippen LogP contribution in [0.25, 0.3) is 10.1 Å². The monoisotopic (exact) mass is 287 g/mol. The number of hydrogen-bond acceptors (Lipinski definition) is 4. The molecule has 3 rings (SSSR count). The van der Waals surface area contributed by atoms with E-state index < -0.39 is 0 Å². The zero-order valence-electron chi connectivity index (χ0n) is 11.7. The molecule has 1 aromatic heterocycles. The average molecular weight is 287 g/mol. The van der Waals surface area contributed by atoms with Crippen molar-refractivity contribution in [3.63, 3.8) is 0 Å². The van der Waals surface area contributed by atoms with Crippen molar-refractivity contribution in [1.29, 1.82) is 0 Å². The van der Waals surface area contributed by atoms with Crippen molar-refractivity contribution in [1.82, 2.24) is 4.90 Å². The Bertz CT molecular complexity index is 582. The molecule has 1 fully saturated rings. The Labute approximate surface area is 124 Å². The summed E-state index contributed by atoms with van der Waals surface area (Å²) >= 11 is 1.84. The number of hydrogen-bond donors (Lipinski definition) is 1. The van der Waals surface area contributed by atoms with Crippen LogP contribution in [0.3, 0.4) is 0 Å². The Kier molecular flexibility index (Phi) is 4.35. The highest BCUT2D eigenvalue weighted by Gasteiger charge is 2.18. The van der Waals surface area contributed by atoms with Gasteiger partial charge in [0.15, 0.2) is 0 Å².